The zero-order chi connectivity index (χ0) is 17.3. The Morgan fingerprint density at radius 1 is 1.12 bits per heavy atom. The number of para-hydroxylation sites is 1. The first-order valence-corrected chi connectivity index (χ1v) is 7.61. The molecule has 0 aromatic heterocycles. The number of amides is 1. The lowest BCUT2D eigenvalue weighted by atomic mass is 10.1. The number of hydrogen-bond donors (Lipinski definition) is 1. The third-order valence-electron chi connectivity index (χ3n) is 3.34. The van der Waals surface area contributed by atoms with Crippen LogP contribution in [0.5, 0.6) is 0 Å². The molecule has 24 heavy (non-hydrogen) atoms. The molecule has 1 amide bonds. The van der Waals surface area contributed by atoms with Crippen molar-refractivity contribution in [2.75, 3.05) is 5.01 Å². The molecule has 7 heteroatoms. The largest absolute Gasteiger partial charge is 0.476 e. The summed E-state index contributed by atoms with van der Waals surface area (Å²) in [6.45, 7) is 0. The standard InChI is InChI=1S/C17H10Cl2N2O3/c18-11-7-6-10(14(19)9-11)8-13-15(17(23)24)20-21(16(13)22)12-4-2-1-3-5-12/h1-9H,(H,23,24)/b13-8-. The lowest BCUT2D eigenvalue weighted by Gasteiger charge is -2.10. The van der Waals surface area contributed by atoms with E-state index in [9.17, 15) is 14.7 Å². The first-order valence-electron chi connectivity index (χ1n) is 6.86. The van der Waals surface area contributed by atoms with Gasteiger partial charge in [-0.1, -0.05) is 47.5 Å². The van der Waals surface area contributed by atoms with Crippen LogP contribution in [-0.4, -0.2) is 22.7 Å². The molecule has 0 fully saturated rings. The Labute approximate surface area is 147 Å². The first kappa shape index (κ1) is 16.2. The molecule has 0 aliphatic carbocycles. The van der Waals surface area contributed by atoms with E-state index in [1.807, 2.05) is 0 Å². The van der Waals surface area contributed by atoms with E-state index in [1.165, 1.54) is 12.1 Å². The molecule has 0 unspecified atom stereocenters. The number of hydrogen-bond acceptors (Lipinski definition) is 3. The predicted octanol–water partition coefficient (Wildman–Crippen LogP) is 3.86. The summed E-state index contributed by atoms with van der Waals surface area (Å²) in [6, 6.07) is 13.3. The highest BCUT2D eigenvalue weighted by atomic mass is 35.5. The van der Waals surface area contributed by atoms with Gasteiger partial charge < -0.3 is 5.11 Å². The normalized spacial score (nSPS) is 15.8. The van der Waals surface area contributed by atoms with Gasteiger partial charge in [-0.3, -0.25) is 4.79 Å². The van der Waals surface area contributed by atoms with E-state index < -0.39 is 11.9 Å². The first-order chi connectivity index (χ1) is 11.5. The summed E-state index contributed by atoms with van der Waals surface area (Å²) < 4.78 is 0. The van der Waals surface area contributed by atoms with E-state index in [2.05, 4.69) is 5.10 Å². The molecule has 0 bridgehead atoms. The number of carbonyl (C=O) groups excluding carboxylic acids is 1. The summed E-state index contributed by atoms with van der Waals surface area (Å²) in [6.07, 6.45) is 1.40. The molecular weight excluding hydrogens is 351 g/mol. The number of aliphatic carboxylic acids is 1. The van der Waals surface area contributed by atoms with Crippen LogP contribution >= 0.6 is 23.2 Å². The summed E-state index contributed by atoms with van der Waals surface area (Å²) in [5, 5.41) is 15.1. The average Bonchev–Trinajstić information content (AvgIpc) is 2.88. The van der Waals surface area contributed by atoms with Crippen molar-refractivity contribution in [3.8, 4) is 0 Å². The number of nitrogens with zero attached hydrogens (tertiary/aromatic N) is 2. The van der Waals surface area contributed by atoms with Crippen LogP contribution in [0.2, 0.25) is 10.0 Å². The van der Waals surface area contributed by atoms with Crippen LogP contribution in [0.3, 0.4) is 0 Å². The maximum absolute atomic E-state index is 12.6. The second-order valence-electron chi connectivity index (χ2n) is 4.93. The zero-order valence-corrected chi connectivity index (χ0v) is 13.6. The molecule has 0 radical (unpaired) electrons. The number of carbonyl (C=O) groups is 2. The predicted molar refractivity (Wildman–Crippen MR) is 93.4 cm³/mol. The van der Waals surface area contributed by atoms with Gasteiger partial charge >= 0.3 is 5.97 Å². The number of carboxylic acid groups (broad SMARTS) is 1. The lowest BCUT2D eigenvalue weighted by molar-refractivity contribution is -0.129. The fourth-order valence-corrected chi connectivity index (χ4v) is 2.68. The summed E-state index contributed by atoms with van der Waals surface area (Å²) in [5.74, 6) is -1.83. The fraction of sp³-hybridized carbons (Fsp3) is 0. The van der Waals surface area contributed by atoms with Gasteiger partial charge in [0.1, 0.15) is 0 Å². The summed E-state index contributed by atoms with van der Waals surface area (Å²) in [5.41, 5.74) is 0.575. The van der Waals surface area contributed by atoms with Crippen LogP contribution in [0.25, 0.3) is 6.08 Å². The minimum Gasteiger partial charge on any atom is -0.476 e. The Balaban J connectivity index is 2.07. The van der Waals surface area contributed by atoms with Crippen LogP contribution in [-0.2, 0) is 9.59 Å². The van der Waals surface area contributed by atoms with Crippen molar-refractivity contribution in [3.63, 3.8) is 0 Å². The van der Waals surface area contributed by atoms with Crippen LogP contribution in [0.1, 0.15) is 5.56 Å². The third-order valence-corrected chi connectivity index (χ3v) is 3.91. The number of anilines is 1. The fourth-order valence-electron chi connectivity index (χ4n) is 2.22. The monoisotopic (exact) mass is 360 g/mol. The molecule has 2 aromatic carbocycles. The van der Waals surface area contributed by atoms with Gasteiger partial charge in [0.2, 0.25) is 0 Å². The van der Waals surface area contributed by atoms with Crippen LogP contribution in [0.4, 0.5) is 5.69 Å². The van der Waals surface area contributed by atoms with Crippen molar-refractivity contribution in [3.05, 3.63) is 69.7 Å². The molecular formula is C17H10Cl2N2O3. The Morgan fingerprint density at radius 3 is 2.46 bits per heavy atom. The van der Waals surface area contributed by atoms with Crippen molar-refractivity contribution < 1.29 is 14.7 Å². The van der Waals surface area contributed by atoms with Crippen LogP contribution in [0, 0.1) is 0 Å². The van der Waals surface area contributed by atoms with Gasteiger partial charge in [0.25, 0.3) is 5.91 Å². The highest BCUT2D eigenvalue weighted by Crippen LogP contribution is 2.28. The minimum absolute atomic E-state index is 0.0458. The second-order valence-corrected chi connectivity index (χ2v) is 5.77. The molecule has 3 rings (SSSR count). The topological polar surface area (TPSA) is 70.0 Å². The second kappa shape index (κ2) is 6.47. The number of benzene rings is 2. The highest BCUT2D eigenvalue weighted by molar-refractivity contribution is 6.54. The number of hydrazone groups is 1. The average molecular weight is 361 g/mol. The zero-order valence-electron chi connectivity index (χ0n) is 12.1. The minimum atomic E-state index is -1.29. The smallest absolute Gasteiger partial charge is 0.357 e. The molecule has 0 spiro atoms. The van der Waals surface area contributed by atoms with E-state index in [0.29, 0.717) is 21.3 Å². The summed E-state index contributed by atoms with van der Waals surface area (Å²) >= 11 is 11.9. The van der Waals surface area contributed by atoms with Crippen molar-refractivity contribution in [2.45, 2.75) is 0 Å². The molecule has 5 nitrogen and oxygen atoms in total. The Bertz CT molecular complexity index is 892. The van der Waals surface area contributed by atoms with Crippen LogP contribution in [0.15, 0.2) is 59.2 Å². The van der Waals surface area contributed by atoms with E-state index >= 15 is 0 Å². The van der Waals surface area contributed by atoms with Gasteiger partial charge in [0.05, 0.1) is 11.3 Å². The SMILES string of the molecule is O=C(O)C1=NN(c2ccccc2)C(=O)/C1=C\c1ccc(Cl)cc1Cl. The van der Waals surface area contributed by atoms with Crippen molar-refractivity contribution in [1.82, 2.24) is 0 Å². The summed E-state index contributed by atoms with van der Waals surface area (Å²) in [7, 11) is 0. The Hall–Kier alpha value is -2.63. The van der Waals surface area contributed by atoms with E-state index in [0.717, 1.165) is 5.01 Å². The van der Waals surface area contributed by atoms with E-state index in [-0.39, 0.29) is 11.3 Å². The highest BCUT2D eigenvalue weighted by Gasteiger charge is 2.35. The van der Waals surface area contributed by atoms with Gasteiger partial charge in [-0.25, -0.2) is 4.79 Å². The van der Waals surface area contributed by atoms with E-state index in [1.54, 1.807) is 42.5 Å². The maximum atomic E-state index is 12.6. The molecule has 0 saturated heterocycles. The molecule has 120 valence electrons. The third kappa shape index (κ3) is 3.04. The van der Waals surface area contributed by atoms with Crippen LogP contribution < -0.4 is 5.01 Å². The molecule has 1 aliphatic heterocycles. The van der Waals surface area contributed by atoms with Gasteiger partial charge in [0.15, 0.2) is 5.71 Å². The van der Waals surface area contributed by atoms with Crippen molar-refractivity contribution in [2.24, 2.45) is 5.10 Å². The number of carboxylic acids is 1. The molecule has 0 atom stereocenters. The van der Waals surface area contributed by atoms with Crippen molar-refractivity contribution in [1.29, 1.82) is 0 Å². The molecule has 1 aliphatic rings. The Morgan fingerprint density at radius 2 is 1.83 bits per heavy atom. The lowest BCUT2D eigenvalue weighted by Crippen LogP contribution is -2.22. The van der Waals surface area contributed by atoms with Gasteiger partial charge in [-0.15, -0.1) is 0 Å². The molecule has 2 aromatic rings. The quantitative estimate of drug-likeness (QED) is 0.844. The maximum Gasteiger partial charge on any atom is 0.357 e. The number of halogens is 2. The van der Waals surface area contributed by atoms with E-state index in [4.69, 9.17) is 23.2 Å². The van der Waals surface area contributed by atoms with Crippen molar-refractivity contribution >= 4 is 52.6 Å². The summed E-state index contributed by atoms with van der Waals surface area (Å²) in [4.78, 5) is 24.1. The molecule has 0 saturated carbocycles. The number of rotatable bonds is 3. The van der Waals surface area contributed by atoms with Gasteiger partial charge in [-0.05, 0) is 35.9 Å². The Kier molecular flexibility index (Phi) is 4.38. The molecule has 1 heterocycles. The van der Waals surface area contributed by atoms with Gasteiger partial charge in [-0.2, -0.15) is 10.1 Å². The van der Waals surface area contributed by atoms with Gasteiger partial charge in [0, 0.05) is 10.0 Å². The molecule has 1 N–H and O–H groups in total.